The van der Waals surface area contributed by atoms with E-state index in [2.05, 4.69) is 4.74 Å². The first-order valence-corrected chi connectivity index (χ1v) is 3.31. The molecule has 0 saturated carbocycles. The third-order valence-corrected chi connectivity index (χ3v) is 1.64. The Morgan fingerprint density at radius 1 is 1.08 bits per heavy atom. The molecule has 0 radical (unpaired) electrons. The van der Waals surface area contributed by atoms with Crippen LogP contribution in [-0.4, -0.2) is 50.1 Å². The summed E-state index contributed by atoms with van der Waals surface area (Å²) in [7, 11) is 0. The van der Waals surface area contributed by atoms with E-state index >= 15 is 0 Å². The molecule has 70 valence electrons. The van der Waals surface area contributed by atoms with Crippen LogP contribution in [0.15, 0.2) is 12.0 Å². The second kappa shape index (κ2) is 3.28. The summed E-state index contributed by atoms with van der Waals surface area (Å²) < 4.78 is 4.44. The Hall–Kier alpha value is -0.820. The van der Waals surface area contributed by atoms with Crippen LogP contribution >= 0.6 is 0 Å². The molecule has 0 aromatic heterocycles. The van der Waals surface area contributed by atoms with Crippen LogP contribution in [-0.2, 0) is 4.74 Å². The number of aliphatic hydroxyl groups is 5. The standard InChI is InChI=1S/C6H10O6/c7-1-2-3(8)4(9)5(10)6(11)12-2/h1,3-11H/b2-1+/t3-,4+,5-,6-/m1/s1. The van der Waals surface area contributed by atoms with Crippen molar-refractivity contribution in [2.75, 3.05) is 0 Å². The molecule has 0 aromatic carbocycles. The van der Waals surface area contributed by atoms with Crippen LogP contribution in [0, 0.1) is 0 Å². The van der Waals surface area contributed by atoms with Crippen molar-refractivity contribution in [1.29, 1.82) is 0 Å². The summed E-state index contributed by atoms with van der Waals surface area (Å²) in [6.45, 7) is 0. The third-order valence-electron chi connectivity index (χ3n) is 1.64. The van der Waals surface area contributed by atoms with Gasteiger partial charge >= 0.3 is 0 Å². The Bertz CT molecular complexity index is 190. The first-order valence-electron chi connectivity index (χ1n) is 3.31. The maximum atomic E-state index is 9.05. The van der Waals surface area contributed by atoms with Crippen LogP contribution in [0.2, 0.25) is 0 Å². The highest BCUT2D eigenvalue weighted by molar-refractivity contribution is 5.04. The van der Waals surface area contributed by atoms with Gasteiger partial charge in [0.25, 0.3) is 0 Å². The van der Waals surface area contributed by atoms with Crippen molar-refractivity contribution in [3.05, 3.63) is 12.0 Å². The third kappa shape index (κ3) is 1.37. The van der Waals surface area contributed by atoms with Crippen molar-refractivity contribution < 1.29 is 30.3 Å². The molecule has 0 spiro atoms. The number of rotatable bonds is 0. The quantitative estimate of drug-likeness (QED) is 0.270. The number of hydrogen-bond donors (Lipinski definition) is 5. The molecule has 1 rings (SSSR count). The lowest BCUT2D eigenvalue weighted by molar-refractivity contribution is -0.225. The molecule has 6 nitrogen and oxygen atoms in total. The van der Waals surface area contributed by atoms with Gasteiger partial charge in [-0.15, -0.1) is 0 Å². The van der Waals surface area contributed by atoms with E-state index in [1.54, 1.807) is 0 Å². The topological polar surface area (TPSA) is 110 Å². The molecule has 4 atom stereocenters. The van der Waals surface area contributed by atoms with E-state index in [0.717, 1.165) is 0 Å². The second-order valence-electron chi connectivity index (χ2n) is 2.47. The summed E-state index contributed by atoms with van der Waals surface area (Å²) >= 11 is 0. The summed E-state index contributed by atoms with van der Waals surface area (Å²) in [6.07, 6.45) is -5.88. The van der Waals surface area contributed by atoms with Gasteiger partial charge in [-0.05, 0) is 0 Å². The average molecular weight is 178 g/mol. The maximum absolute atomic E-state index is 9.05. The lowest BCUT2D eigenvalue weighted by Crippen LogP contribution is -2.51. The van der Waals surface area contributed by atoms with Crippen molar-refractivity contribution in [1.82, 2.24) is 0 Å². The van der Waals surface area contributed by atoms with Crippen LogP contribution in [0.5, 0.6) is 0 Å². The van der Waals surface area contributed by atoms with Gasteiger partial charge in [0.1, 0.15) is 24.6 Å². The molecule has 6 heteroatoms. The molecule has 1 heterocycles. The molecular weight excluding hydrogens is 168 g/mol. The highest BCUT2D eigenvalue weighted by Crippen LogP contribution is 2.21. The van der Waals surface area contributed by atoms with Gasteiger partial charge in [0.2, 0.25) is 6.29 Å². The predicted molar refractivity (Wildman–Crippen MR) is 35.8 cm³/mol. The fourth-order valence-corrected chi connectivity index (χ4v) is 0.909. The number of ether oxygens (including phenoxy) is 1. The van der Waals surface area contributed by atoms with Crippen molar-refractivity contribution in [2.45, 2.75) is 24.6 Å². The molecule has 0 amide bonds. The van der Waals surface area contributed by atoms with Gasteiger partial charge in [-0.1, -0.05) is 0 Å². The van der Waals surface area contributed by atoms with Gasteiger partial charge in [-0.25, -0.2) is 0 Å². The van der Waals surface area contributed by atoms with Crippen molar-refractivity contribution in [3.63, 3.8) is 0 Å². The summed E-state index contributed by atoms with van der Waals surface area (Å²) in [6, 6.07) is 0. The fraction of sp³-hybridized carbons (Fsp3) is 0.667. The number of hydrogen-bond acceptors (Lipinski definition) is 6. The zero-order valence-electron chi connectivity index (χ0n) is 6.03. The van der Waals surface area contributed by atoms with E-state index in [-0.39, 0.29) is 5.76 Å². The van der Waals surface area contributed by atoms with Crippen molar-refractivity contribution in [2.24, 2.45) is 0 Å². The lowest BCUT2D eigenvalue weighted by Gasteiger charge is -2.33. The Morgan fingerprint density at radius 2 is 1.67 bits per heavy atom. The van der Waals surface area contributed by atoms with Gasteiger partial charge < -0.3 is 30.3 Å². The smallest absolute Gasteiger partial charge is 0.226 e. The van der Waals surface area contributed by atoms with Gasteiger partial charge in [0.05, 0.1) is 0 Å². The van der Waals surface area contributed by atoms with Crippen molar-refractivity contribution in [3.8, 4) is 0 Å². The van der Waals surface area contributed by atoms with Crippen LogP contribution in [0.3, 0.4) is 0 Å². The summed E-state index contributed by atoms with van der Waals surface area (Å²) in [4.78, 5) is 0. The summed E-state index contributed by atoms with van der Waals surface area (Å²) in [5.41, 5.74) is 0. The minimum absolute atomic E-state index is 0.375. The molecule has 0 unspecified atom stereocenters. The Labute approximate surface area is 68.0 Å². The molecule has 1 aliphatic heterocycles. The van der Waals surface area contributed by atoms with Gasteiger partial charge in [-0.3, -0.25) is 0 Å². The summed E-state index contributed by atoms with van der Waals surface area (Å²) in [5, 5.41) is 44.3. The maximum Gasteiger partial charge on any atom is 0.226 e. The van der Waals surface area contributed by atoms with Crippen LogP contribution in [0.4, 0.5) is 0 Å². The van der Waals surface area contributed by atoms with Gasteiger partial charge in [0.15, 0.2) is 5.76 Å². The van der Waals surface area contributed by atoms with E-state index < -0.39 is 24.6 Å². The van der Waals surface area contributed by atoms with Crippen molar-refractivity contribution >= 4 is 0 Å². The average Bonchev–Trinajstić information content (AvgIpc) is 2.08. The van der Waals surface area contributed by atoms with Gasteiger partial charge in [-0.2, -0.15) is 0 Å². The highest BCUT2D eigenvalue weighted by atomic mass is 16.6. The Morgan fingerprint density at radius 3 is 2.17 bits per heavy atom. The molecule has 1 fully saturated rings. The summed E-state index contributed by atoms with van der Waals surface area (Å²) in [5.74, 6) is -0.375. The Kier molecular flexibility index (Phi) is 2.53. The fourth-order valence-electron chi connectivity index (χ4n) is 0.909. The molecule has 1 aliphatic rings. The van der Waals surface area contributed by atoms with Crippen LogP contribution in [0.25, 0.3) is 0 Å². The highest BCUT2D eigenvalue weighted by Gasteiger charge is 2.40. The van der Waals surface area contributed by atoms with E-state index in [4.69, 9.17) is 25.5 Å². The van der Waals surface area contributed by atoms with Gasteiger partial charge in [0, 0.05) is 0 Å². The van der Waals surface area contributed by atoms with Crippen LogP contribution < -0.4 is 0 Å². The zero-order chi connectivity index (χ0) is 9.30. The minimum Gasteiger partial charge on any atom is -0.512 e. The monoisotopic (exact) mass is 178 g/mol. The largest absolute Gasteiger partial charge is 0.512 e. The van der Waals surface area contributed by atoms with E-state index in [1.807, 2.05) is 0 Å². The molecule has 1 saturated heterocycles. The van der Waals surface area contributed by atoms with E-state index in [9.17, 15) is 0 Å². The zero-order valence-corrected chi connectivity index (χ0v) is 6.03. The normalized spacial score (nSPS) is 45.8. The predicted octanol–water partition coefficient (Wildman–Crippen LogP) is -2.18. The molecule has 0 aliphatic carbocycles. The van der Waals surface area contributed by atoms with Crippen LogP contribution in [0.1, 0.15) is 0 Å². The minimum atomic E-state index is -1.64. The van der Waals surface area contributed by atoms with E-state index in [0.29, 0.717) is 6.26 Å². The second-order valence-corrected chi connectivity index (χ2v) is 2.47. The lowest BCUT2D eigenvalue weighted by atomic mass is 10.0. The SMILES string of the molecule is O/C=C1/O[C@@H](O)[C@H](O)[C@@H](O)[C@@H]1O. The molecular formula is C6H10O6. The Balaban J connectivity index is 2.77. The van der Waals surface area contributed by atoms with E-state index in [1.165, 1.54) is 0 Å². The molecule has 0 bridgehead atoms. The molecule has 12 heavy (non-hydrogen) atoms. The molecule has 5 N–H and O–H groups in total. The number of aliphatic hydroxyl groups excluding tert-OH is 5. The molecule has 0 aromatic rings. The first-order chi connectivity index (χ1) is 5.57. The first kappa shape index (κ1) is 9.27.